The van der Waals surface area contributed by atoms with Gasteiger partial charge in [0.25, 0.3) is 5.91 Å². The Hall–Kier alpha value is -2.92. The molecular weight excluding hydrogens is 342 g/mol. The standard InChI is InChI=1S/C21H19N3OS/c1-13-10-18(14(2)24(13)3)19-12-26-21(22-19)23-20(25)17-9-8-15-6-4-5-7-16(15)11-17/h4-12H,1-3H3,(H,22,23,25). The second kappa shape index (κ2) is 6.42. The summed E-state index contributed by atoms with van der Waals surface area (Å²) < 4.78 is 2.14. The number of anilines is 1. The van der Waals surface area contributed by atoms with E-state index in [1.54, 1.807) is 0 Å². The first-order valence-corrected chi connectivity index (χ1v) is 9.30. The van der Waals surface area contributed by atoms with E-state index in [1.165, 1.54) is 22.7 Å². The third kappa shape index (κ3) is 2.91. The second-order valence-electron chi connectivity index (χ2n) is 6.40. The fourth-order valence-electron chi connectivity index (χ4n) is 3.07. The van der Waals surface area contributed by atoms with Gasteiger partial charge in [0.15, 0.2) is 5.13 Å². The van der Waals surface area contributed by atoms with Crippen molar-refractivity contribution in [3.05, 3.63) is 70.9 Å². The Morgan fingerprint density at radius 3 is 2.58 bits per heavy atom. The lowest BCUT2D eigenvalue weighted by Gasteiger charge is -2.04. The van der Waals surface area contributed by atoms with E-state index in [4.69, 9.17) is 0 Å². The van der Waals surface area contributed by atoms with Crippen LogP contribution in [0.2, 0.25) is 0 Å². The number of nitrogens with one attached hydrogen (secondary N) is 1. The van der Waals surface area contributed by atoms with Gasteiger partial charge in [0.2, 0.25) is 0 Å². The van der Waals surface area contributed by atoms with Crippen molar-refractivity contribution in [3.8, 4) is 11.3 Å². The van der Waals surface area contributed by atoms with E-state index < -0.39 is 0 Å². The van der Waals surface area contributed by atoms with Gasteiger partial charge in [0, 0.05) is 34.9 Å². The lowest BCUT2D eigenvalue weighted by Crippen LogP contribution is -2.11. The average Bonchev–Trinajstić information content (AvgIpc) is 3.21. The summed E-state index contributed by atoms with van der Waals surface area (Å²) in [6.45, 7) is 4.15. The summed E-state index contributed by atoms with van der Waals surface area (Å²) in [4.78, 5) is 17.2. The molecule has 2 aromatic heterocycles. The van der Waals surface area contributed by atoms with E-state index in [1.807, 2.05) is 54.9 Å². The van der Waals surface area contributed by atoms with E-state index in [9.17, 15) is 4.79 Å². The van der Waals surface area contributed by atoms with E-state index in [2.05, 4.69) is 34.8 Å². The van der Waals surface area contributed by atoms with Crippen LogP contribution in [0.15, 0.2) is 53.9 Å². The summed E-state index contributed by atoms with van der Waals surface area (Å²) in [6.07, 6.45) is 0. The molecule has 4 rings (SSSR count). The molecule has 1 amide bonds. The molecule has 0 aliphatic carbocycles. The summed E-state index contributed by atoms with van der Waals surface area (Å²) in [5.41, 5.74) is 4.98. The quantitative estimate of drug-likeness (QED) is 0.547. The first-order chi connectivity index (χ1) is 12.5. The fourth-order valence-corrected chi connectivity index (χ4v) is 3.77. The number of aromatic nitrogens is 2. The zero-order valence-corrected chi connectivity index (χ0v) is 15.7. The van der Waals surface area contributed by atoms with Gasteiger partial charge in [-0.05, 0) is 42.8 Å². The van der Waals surface area contributed by atoms with Crippen molar-refractivity contribution in [1.29, 1.82) is 0 Å². The number of hydrogen-bond acceptors (Lipinski definition) is 3. The summed E-state index contributed by atoms with van der Waals surface area (Å²) >= 11 is 1.44. The number of carbonyl (C=O) groups excluding carboxylic acids is 1. The van der Waals surface area contributed by atoms with Gasteiger partial charge in [-0.2, -0.15) is 0 Å². The van der Waals surface area contributed by atoms with Crippen molar-refractivity contribution in [3.63, 3.8) is 0 Å². The van der Waals surface area contributed by atoms with Crippen molar-refractivity contribution >= 4 is 33.1 Å². The second-order valence-corrected chi connectivity index (χ2v) is 7.26. The summed E-state index contributed by atoms with van der Waals surface area (Å²) in [7, 11) is 2.04. The molecule has 0 bridgehead atoms. The molecule has 26 heavy (non-hydrogen) atoms. The molecular formula is C21H19N3OS. The highest BCUT2D eigenvalue weighted by Gasteiger charge is 2.14. The minimum atomic E-state index is -0.141. The Labute approximate surface area is 156 Å². The molecule has 0 fully saturated rings. The number of rotatable bonds is 3. The summed E-state index contributed by atoms with van der Waals surface area (Å²) in [6, 6.07) is 15.9. The monoisotopic (exact) mass is 361 g/mol. The maximum Gasteiger partial charge on any atom is 0.257 e. The number of benzene rings is 2. The number of nitrogens with zero attached hydrogens (tertiary/aromatic N) is 2. The Bertz CT molecular complexity index is 1120. The molecule has 5 heteroatoms. The average molecular weight is 361 g/mol. The Morgan fingerprint density at radius 1 is 1.08 bits per heavy atom. The topological polar surface area (TPSA) is 46.9 Å². The molecule has 1 N–H and O–H groups in total. The number of thiazole rings is 1. The minimum absolute atomic E-state index is 0.141. The molecule has 0 spiro atoms. The van der Waals surface area contributed by atoms with Gasteiger partial charge in [-0.15, -0.1) is 11.3 Å². The molecule has 4 aromatic rings. The van der Waals surface area contributed by atoms with Crippen molar-refractivity contribution < 1.29 is 4.79 Å². The van der Waals surface area contributed by atoms with Crippen LogP contribution in [-0.4, -0.2) is 15.5 Å². The lowest BCUT2D eigenvalue weighted by atomic mass is 10.1. The number of hydrogen-bond donors (Lipinski definition) is 1. The van der Waals surface area contributed by atoms with Crippen molar-refractivity contribution in [2.45, 2.75) is 13.8 Å². The molecule has 2 heterocycles. The fraction of sp³-hybridized carbons (Fsp3) is 0.143. The lowest BCUT2D eigenvalue weighted by molar-refractivity contribution is 0.102. The highest BCUT2D eigenvalue weighted by molar-refractivity contribution is 7.14. The number of carbonyl (C=O) groups is 1. The number of amides is 1. The highest BCUT2D eigenvalue weighted by atomic mass is 32.1. The predicted molar refractivity (Wildman–Crippen MR) is 108 cm³/mol. The van der Waals surface area contributed by atoms with Gasteiger partial charge in [-0.1, -0.05) is 30.3 Å². The van der Waals surface area contributed by atoms with Gasteiger partial charge in [0.05, 0.1) is 5.69 Å². The van der Waals surface area contributed by atoms with Crippen LogP contribution in [0.1, 0.15) is 21.7 Å². The molecule has 0 radical (unpaired) electrons. The first kappa shape index (κ1) is 16.5. The van der Waals surface area contributed by atoms with Gasteiger partial charge < -0.3 is 4.57 Å². The SMILES string of the molecule is Cc1cc(-c2csc(NC(=O)c3ccc4ccccc4c3)n2)c(C)n1C. The summed E-state index contributed by atoms with van der Waals surface area (Å²) in [5.74, 6) is -0.141. The van der Waals surface area contributed by atoms with Crippen LogP contribution < -0.4 is 5.32 Å². The van der Waals surface area contributed by atoms with Crippen LogP contribution in [0.4, 0.5) is 5.13 Å². The third-order valence-corrected chi connectivity index (χ3v) is 5.55. The van der Waals surface area contributed by atoms with Crippen LogP contribution >= 0.6 is 11.3 Å². The van der Waals surface area contributed by atoms with Gasteiger partial charge in [-0.25, -0.2) is 4.98 Å². The number of aryl methyl sites for hydroxylation is 1. The zero-order chi connectivity index (χ0) is 18.3. The smallest absolute Gasteiger partial charge is 0.257 e. The van der Waals surface area contributed by atoms with Crippen molar-refractivity contribution in [1.82, 2.24) is 9.55 Å². The van der Waals surface area contributed by atoms with E-state index >= 15 is 0 Å². The normalized spacial score (nSPS) is 11.0. The molecule has 0 aliphatic heterocycles. The molecule has 0 unspecified atom stereocenters. The molecule has 0 saturated carbocycles. The maximum atomic E-state index is 12.6. The van der Waals surface area contributed by atoms with Gasteiger partial charge in [0.1, 0.15) is 0 Å². The van der Waals surface area contributed by atoms with Crippen LogP contribution in [-0.2, 0) is 7.05 Å². The highest BCUT2D eigenvalue weighted by Crippen LogP contribution is 2.29. The van der Waals surface area contributed by atoms with Crippen molar-refractivity contribution in [2.75, 3.05) is 5.32 Å². The molecule has 0 aliphatic rings. The third-order valence-electron chi connectivity index (χ3n) is 4.79. The van der Waals surface area contributed by atoms with Gasteiger partial charge >= 0.3 is 0 Å². The van der Waals surface area contributed by atoms with Crippen molar-refractivity contribution in [2.24, 2.45) is 7.05 Å². The molecule has 2 aromatic carbocycles. The van der Waals surface area contributed by atoms with Crippen LogP contribution in [0.5, 0.6) is 0 Å². The van der Waals surface area contributed by atoms with Crippen LogP contribution in [0.3, 0.4) is 0 Å². The zero-order valence-electron chi connectivity index (χ0n) is 14.9. The van der Waals surface area contributed by atoms with E-state index in [-0.39, 0.29) is 5.91 Å². The minimum Gasteiger partial charge on any atom is -0.351 e. The predicted octanol–water partition coefficient (Wildman–Crippen LogP) is 5.17. The Kier molecular flexibility index (Phi) is 4.09. The van der Waals surface area contributed by atoms with Gasteiger partial charge in [-0.3, -0.25) is 10.1 Å². The van der Waals surface area contributed by atoms with E-state index in [0.29, 0.717) is 10.7 Å². The van der Waals surface area contributed by atoms with Crippen LogP contribution in [0.25, 0.3) is 22.0 Å². The summed E-state index contributed by atoms with van der Waals surface area (Å²) in [5, 5.41) is 7.68. The maximum absolute atomic E-state index is 12.6. The number of fused-ring (bicyclic) bond motifs is 1. The molecule has 4 nitrogen and oxygen atoms in total. The Morgan fingerprint density at radius 2 is 1.85 bits per heavy atom. The Balaban J connectivity index is 1.58. The largest absolute Gasteiger partial charge is 0.351 e. The van der Waals surface area contributed by atoms with Crippen LogP contribution in [0, 0.1) is 13.8 Å². The molecule has 0 atom stereocenters. The molecule has 0 saturated heterocycles. The molecule has 130 valence electrons. The first-order valence-electron chi connectivity index (χ1n) is 8.42. The van der Waals surface area contributed by atoms with E-state index in [0.717, 1.165) is 22.0 Å².